The maximum atomic E-state index is 11.0. The topological polar surface area (TPSA) is 17.1 Å². The Labute approximate surface area is 92.3 Å². The summed E-state index contributed by atoms with van der Waals surface area (Å²) in [5.74, 6) is 1.89. The van der Waals surface area contributed by atoms with E-state index in [4.69, 9.17) is 0 Å². The van der Waals surface area contributed by atoms with Crippen molar-refractivity contribution in [2.24, 2.45) is 17.3 Å². The van der Waals surface area contributed by atoms with E-state index in [1.54, 1.807) is 13.0 Å². The zero-order valence-corrected chi connectivity index (χ0v) is 10.1. The van der Waals surface area contributed by atoms with Crippen LogP contribution in [0.5, 0.6) is 0 Å². The van der Waals surface area contributed by atoms with Crippen LogP contribution in [0.2, 0.25) is 0 Å². The highest BCUT2D eigenvalue weighted by molar-refractivity contribution is 5.87. The van der Waals surface area contributed by atoms with Crippen molar-refractivity contribution in [3.05, 3.63) is 23.3 Å². The third-order valence-electron chi connectivity index (χ3n) is 3.89. The first-order chi connectivity index (χ1) is 6.92. The summed E-state index contributed by atoms with van der Waals surface area (Å²) >= 11 is 0. The number of carbonyl (C=O) groups excluding carboxylic acids is 1. The molecule has 15 heavy (non-hydrogen) atoms. The molecule has 2 atom stereocenters. The van der Waals surface area contributed by atoms with Crippen LogP contribution in [0.15, 0.2) is 23.3 Å². The van der Waals surface area contributed by atoms with Crippen molar-refractivity contribution >= 4 is 5.78 Å². The Morgan fingerprint density at radius 1 is 1.47 bits per heavy atom. The maximum absolute atomic E-state index is 11.0. The lowest BCUT2D eigenvalue weighted by Crippen LogP contribution is -2.20. The highest BCUT2D eigenvalue weighted by atomic mass is 16.1. The van der Waals surface area contributed by atoms with Crippen LogP contribution in [0.1, 0.15) is 40.5 Å². The van der Waals surface area contributed by atoms with Gasteiger partial charge in [0.15, 0.2) is 5.78 Å². The summed E-state index contributed by atoms with van der Waals surface area (Å²) in [7, 11) is 0. The van der Waals surface area contributed by atoms with Gasteiger partial charge >= 0.3 is 0 Å². The summed E-state index contributed by atoms with van der Waals surface area (Å²) in [6.07, 6.45) is 6.41. The molecule has 2 aliphatic carbocycles. The molecule has 2 rings (SSSR count). The normalized spacial score (nSPS) is 33.1. The number of allylic oxidation sites excluding steroid dienone is 4. The largest absolute Gasteiger partial charge is 0.295 e. The lowest BCUT2D eigenvalue weighted by Gasteiger charge is -2.32. The molecule has 1 saturated carbocycles. The van der Waals surface area contributed by atoms with Crippen molar-refractivity contribution in [2.45, 2.75) is 40.5 Å². The van der Waals surface area contributed by atoms with Crippen molar-refractivity contribution in [1.29, 1.82) is 0 Å². The molecule has 0 radical (unpaired) electrons. The number of hydrogen-bond donors (Lipinski definition) is 0. The fourth-order valence-corrected chi connectivity index (χ4v) is 3.06. The Morgan fingerprint density at radius 3 is 2.73 bits per heavy atom. The first-order valence-electron chi connectivity index (χ1n) is 5.82. The molecule has 0 aromatic rings. The minimum absolute atomic E-state index is 0.143. The van der Waals surface area contributed by atoms with Crippen LogP contribution in [0.25, 0.3) is 0 Å². The Balaban J connectivity index is 2.32. The molecule has 2 unspecified atom stereocenters. The van der Waals surface area contributed by atoms with Crippen LogP contribution < -0.4 is 0 Å². The smallest absolute Gasteiger partial charge is 0.152 e. The van der Waals surface area contributed by atoms with Crippen LogP contribution >= 0.6 is 0 Å². The quantitative estimate of drug-likeness (QED) is 0.629. The molecule has 0 N–H and O–H groups in total. The first-order valence-corrected chi connectivity index (χ1v) is 5.82. The van der Waals surface area contributed by atoms with Crippen LogP contribution in [-0.2, 0) is 4.79 Å². The summed E-state index contributed by atoms with van der Waals surface area (Å²) < 4.78 is 0. The predicted octanol–water partition coefficient (Wildman–Crippen LogP) is 3.51. The van der Waals surface area contributed by atoms with Crippen LogP contribution in [0, 0.1) is 17.3 Å². The van der Waals surface area contributed by atoms with E-state index in [1.807, 2.05) is 6.08 Å². The van der Waals surface area contributed by atoms with E-state index >= 15 is 0 Å². The van der Waals surface area contributed by atoms with Gasteiger partial charge in [-0.15, -0.1) is 0 Å². The van der Waals surface area contributed by atoms with E-state index in [0.717, 1.165) is 11.8 Å². The third-order valence-corrected chi connectivity index (χ3v) is 3.89. The standard InChI is InChI=1S/C14H20O/c1-9(15)5-6-13-10(2)12-7-11(12)8-14(13,3)4/h5-6,11-12H,7-8H2,1-4H3. The minimum Gasteiger partial charge on any atom is -0.295 e. The maximum Gasteiger partial charge on any atom is 0.152 e. The molecule has 0 spiro atoms. The van der Waals surface area contributed by atoms with Gasteiger partial charge in [-0.05, 0) is 55.6 Å². The average Bonchev–Trinajstić information content (AvgIpc) is 2.80. The summed E-state index contributed by atoms with van der Waals surface area (Å²) in [6, 6.07) is 0. The average molecular weight is 204 g/mol. The zero-order chi connectivity index (χ0) is 11.2. The van der Waals surface area contributed by atoms with E-state index in [0.29, 0.717) is 0 Å². The van der Waals surface area contributed by atoms with Crippen molar-refractivity contribution in [2.75, 3.05) is 0 Å². The molecule has 0 saturated heterocycles. The van der Waals surface area contributed by atoms with Crippen molar-refractivity contribution < 1.29 is 4.79 Å². The molecule has 0 aromatic heterocycles. The first kappa shape index (κ1) is 10.7. The predicted molar refractivity (Wildman–Crippen MR) is 62.5 cm³/mol. The van der Waals surface area contributed by atoms with Gasteiger partial charge in [0.25, 0.3) is 0 Å². The van der Waals surface area contributed by atoms with Crippen molar-refractivity contribution in [3.63, 3.8) is 0 Å². The number of carbonyl (C=O) groups is 1. The second kappa shape index (κ2) is 3.33. The third kappa shape index (κ3) is 1.92. The molecule has 0 heterocycles. The Hall–Kier alpha value is -0.850. The molecule has 82 valence electrons. The Morgan fingerprint density at radius 2 is 2.13 bits per heavy atom. The number of rotatable bonds is 2. The molecule has 2 aliphatic rings. The van der Waals surface area contributed by atoms with Crippen molar-refractivity contribution in [1.82, 2.24) is 0 Å². The number of fused-ring (bicyclic) bond motifs is 1. The molecule has 1 heteroatoms. The van der Waals surface area contributed by atoms with E-state index in [1.165, 1.54) is 24.0 Å². The summed E-state index contributed by atoms with van der Waals surface area (Å²) in [6.45, 7) is 8.45. The van der Waals surface area contributed by atoms with Gasteiger partial charge in [0.1, 0.15) is 0 Å². The van der Waals surface area contributed by atoms with E-state index < -0.39 is 0 Å². The Bertz CT molecular complexity index is 358. The van der Waals surface area contributed by atoms with Gasteiger partial charge in [0, 0.05) is 0 Å². The molecular weight excluding hydrogens is 184 g/mol. The second-order valence-electron chi connectivity index (χ2n) is 5.73. The van der Waals surface area contributed by atoms with Crippen molar-refractivity contribution in [3.8, 4) is 0 Å². The molecule has 0 bridgehead atoms. The van der Waals surface area contributed by atoms with Gasteiger partial charge in [-0.3, -0.25) is 4.79 Å². The van der Waals surface area contributed by atoms with Gasteiger partial charge in [0.05, 0.1) is 0 Å². The molecule has 0 aromatic carbocycles. The molecule has 1 nitrogen and oxygen atoms in total. The minimum atomic E-state index is 0.143. The molecular formula is C14H20O. The van der Waals surface area contributed by atoms with Crippen LogP contribution in [-0.4, -0.2) is 5.78 Å². The Kier molecular flexibility index (Phi) is 2.37. The molecule has 0 amide bonds. The zero-order valence-electron chi connectivity index (χ0n) is 10.1. The SMILES string of the molecule is CC(=O)C=CC1=C(C)C2CC2CC1(C)C. The highest BCUT2D eigenvalue weighted by Gasteiger charge is 2.47. The summed E-state index contributed by atoms with van der Waals surface area (Å²) in [5.41, 5.74) is 3.18. The second-order valence-corrected chi connectivity index (χ2v) is 5.73. The van der Waals surface area contributed by atoms with Gasteiger partial charge in [-0.1, -0.05) is 25.5 Å². The number of ketones is 1. The highest BCUT2D eigenvalue weighted by Crippen LogP contribution is 2.58. The number of hydrogen-bond acceptors (Lipinski definition) is 1. The van der Waals surface area contributed by atoms with Gasteiger partial charge < -0.3 is 0 Å². The summed E-state index contributed by atoms with van der Waals surface area (Å²) in [5, 5.41) is 0. The van der Waals surface area contributed by atoms with E-state index in [9.17, 15) is 4.79 Å². The monoisotopic (exact) mass is 204 g/mol. The van der Waals surface area contributed by atoms with E-state index in [-0.39, 0.29) is 11.2 Å². The van der Waals surface area contributed by atoms with Crippen LogP contribution in [0.4, 0.5) is 0 Å². The van der Waals surface area contributed by atoms with Gasteiger partial charge in [-0.2, -0.15) is 0 Å². The lowest BCUT2D eigenvalue weighted by molar-refractivity contribution is -0.112. The molecule has 0 aliphatic heterocycles. The van der Waals surface area contributed by atoms with E-state index in [2.05, 4.69) is 20.8 Å². The fourth-order valence-electron chi connectivity index (χ4n) is 3.06. The van der Waals surface area contributed by atoms with Crippen LogP contribution in [0.3, 0.4) is 0 Å². The van der Waals surface area contributed by atoms with Gasteiger partial charge in [0.2, 0.25) is 0 Å². The lowest BCUT2D eigenvalue weighted by atomic mass is 9.72. The fraction of sp³-hybridized carbons (Fsp3) is 0.643. The molecule has 1 fully saturated rings. The summed E-state index contributed by atoms with van der Waals surface area (Å²) in [4.78, 5) is 11.0. The van der Waals surface area contributed by atoms with Gasteiger partial charge in [-0.25, -0.2) is 0 Å².